The van der Waals surface area contributed by atoms with Crippen molar-refractivity contribution in [2.24, 2.45) is 0 Å². The largest absolute Gasteiger partial charge is 0.493 e. The number of hydrogen-bond donors (Lipinski definition) is 2. The van der Waals surface area contributed by atoms with Crippen LogP contribution < -0.4 is 4.74 Å². The molecule has 100 valence electrons. The van der Waals surface area contributed by atoms with Crippen molar-refractivity contribution < 1.29 is 14.9 Å². The van der Waals surface area contributed by atoms with Gasteiger partial charge in [0.1, 0.15) is 5.75 Å². The average Bonchev–Trinajstić information content (AvgIpc) is 2.83. The molecule has 0 aromatic heterocycles. The van der Waals surface area contributed by atoms with Gasteiger partial charge in [-0.25, -0.2) is 0 Å². The monoisotopic (exact) mass is 251 g/mol. The summed E-state index contributed by atoms with van der Waals surface area (Å²) in [5.74, 6) is 1.02. The van der Waals surface area contributed by atoms with Crippen LogP contribution >= 0.6 is 0 Å². The Hall–Kier alpha value is -1.10. The summed E-state index contributed by atoms with van der Waals surface area (Å²) in [7, 11) is 1.95. The molecular formula is C14H21NO3. The lowest BCUT2D eigenvalue weighted by molar-refractivity contribution is 0.0669. The van der Waals surface area contributed by atoms with Gasteiger partial charge in [-0.15, -0.1) is 0 Å². The molecule has 0 spiro atoms. The number of benzene rings is 1. The van der Waals surface area contributed by atoms with Gasteiger partial charge in [-0.05, 0) is 30.7 Å². The average molecular weight is 251 g/mol. The van der Waals surface area contributed by atoms with Gasteiger partial charge in [0.25, 0.3) is 0 Å². The fraction of sp³-hybridized carbons (Fsp3) is 0.571. The van der Waals surface area contributed by atoms with Gasteiger partial charge in [0.15, 0.2) is 0 Å². The lowest BCUT2D eigenvalue weighted by Crippen LogP contribution is -2.32. The summed E-state index contributed by atoms with van der Waals surface area (Å²) < 4.78 is 5.47. The minimum Gasteiger partial charge on any atom is -0.493 e. The summed E-state index contributed by atoms with van der Waals surface area (Å²) in [6.45, 7) is 1.99. The van der Waals surface area contributed by atoms with Gasteiger partial charge in [0.2, 0.25) is 0 Å². The highest BCUT2D eigenvalue weighted by Gasteiger charge is 2.12. The molecule has 1 unspecified atom stereocenters. The fourth-order valence-corrected chi connectivity index (χ4v) is 2.22. The van der Waals surface area contributed by atoms with Gasteiger partial charge in [-0.3, -0.25) is 0 Å². The summed E-state index contributed by atoms with van der Waals surface area (Å²) >= 11 is 0. The van der Waals surface area contributed by atoms with Crippen LogP contribution in [0.4, 0.5) is 0 Å². The first-order valence-corrected chi connectivity index (χ1v) is 6.41. The predicted molar refractivity (Wildman–Crippen MR) is 69.9 cm³/mol. The lowest BCUT2D eigenvalue weighted by Gasteiger charge is -2.19. The summed E-state index contributed by atoms with van der Waals surface area (Å²) in [6.07, 6.45) is 1.30. The maximum Gasteiger partial charge on any atom is 0.122 e. The van der Waals surface area contributed by atoms with E-state index in [1.54, 1.807) is 0 Å². The number of rotatable bonds is 6. The van der Waals surface area contributed by atoms with Crippen LogP contribution in [0.15, 0.2) is 18.2 Å². The Morgan fingerprint density at radius 2 is 2.28 bits per heavy atom. The zero-order valence-electron chi connectivity index (χ0n) is 10.8. The highest BCUT2D eigenvalue weighted by atomic mass is 16.5. The van der Waals surface area contributed by atoms with E-state index in [2.05, 4.69) is 12.1 Å². The number of nitrogens with zero attached hydrogens (tertiary/aromatic N) is 1. The van der Waals surface area contributed by atoms with Crippen LogP contribution in [-0.4, -0.2) is 54.6 Å². The van der Waals surface area contributed by atoms with E-state index in [1.807, 2.05) is 18.0 Å². The lowest BCUT2D eigenvalue weighted by atomic mass is 10.1. The van der Waals surface area contributed by atoms with Crippen LogP contribution in [0.5, 0.6) is 5.75 Å². The Morgan fingerprint density at radius 3 is 3.06 bits per heavy atom. The molecule has 1 aromatic rings. The first-order valence-electron chi connectivity index (χ1n) is 6.41. The number of hydrogen-bond acceptors (Lipinski definition) is 4. The van der Waals surface area contributed by atoms with Gasteiger partial charge in [-0.2, -0.15) is 0 Å². The molecule has 4 nitrogen and oxygen atoms in total. The van der Waals surface area contributed by atoms with Crippen molar-refractivity contribution in [3.63, 3.8) is 0 Å². The van der Waals surface area contributed by atoms with E-state index in [1.165, 1.54) is 11.1 Å². The SMILES string of the molecule is CN(CCc1ccc2c(c1)CCO2)CC(O)CO. The van der Waals surface area contributed by atoms with Crippen molar-refractivity contribution in [2.45, 2.75) is 18.9 Å². The van der Waals surface area contributed by atoms with Gasteiger partial charge >= 0.3 is 0 Å². The quantitative estimate of drug-likeness (QED) is 0.771. The third kappa shape index (κ3) is 3.45. The molecule has 0 bridgehead atoms. The van der Waals surface area contributed by atoms with Crippen LogP contribution in [0.25, 0.3) is 0 Å². The maximum atomic E-state index is 9.34. The molecule has 1 heterocycles. The molecule has 0 saturated heterocycles. The van der Waals surface area contributed by atoms with Crippen molar-refractivity contribution in [3.05, 3.63) is 29.3 Å². The van der Waals surface area contributed by atoms with Crippen molar-refractivity contribution in [1.82, 2.24) is 4.90 Å². The zero-order chi connectivity index (χ0) is 13.0. The summed E-state index contributed by atoms with van der Waals surface area (Å²) in [6, 6.07) is 6.35. The Kier molecular flexibility index (Phi) is 4.58. The van der Waals surface area contributed by atoms with E-state index in [0.717, 1.165) is 31.7 Å². The minimum absolute atomic E-state index is 0.180. The second-order valence-corrected chi connectivity index (χ2v) is 4.89. The van der Waals surface area contributed by atoms with Crippen molar-refractivity contribution in [3.8, 4) is 5.75 Å². The summed E-state index contributed by atoms with van der Waals surface area (Å²) in [5.41, 5.74) is 2.59. The van der Waals surface area contributed by atoms with Crippen molar-refractivity contribution in [1.29, 1.82) is 0 Å². The highest BCUT2D eigenvalue weighted by molar-refractivity contribution is 5.39. The molecule has 1 aliphatic rings. The minimum atomic E-state index is -0.650. The van der Waals surface area contributed by atoms with E-state index >= 15 is 0 Å². The van der Waals surface area contributed by atoms with Crippen molar-refractivity contribution >= 4 is 0 Å². The standard InChI is InChI=1S/C14H21NO3/c1-15(9-13(17)10-16)6-4-11-2-3-14-12(8-11)5-7-18-14/h2-3,8,13,16-17H,4-7,9-10H2,1H3. The van der Waals surface area contributed by atoms with E-state index < -0.39 is 6.10 Å². The highest BCUT2D eigenvalue weighted by Crippen LogP contribution is 2.25. The topological polar surface area (TPSA) is 52.9 Å². The fourth-order valence-electron chi connectivity index (χ4n) is 2.22. The molecule has 0 radical (unpaired) electrons. The first kappa shape index (κ1) is 13.3. The molecule has 1 aliphatic heterocycles. The zero-order valence-corrected chi connectivity index (χ0v) is 10.8. The Bertz CT molecular complexity index is 395. The number of aliphatic hydroxyl groups is 2. The molecule has 2 rings (SSSR count). The van der Waals surface area contributed by atoms with E-state index in [0.29, 0.717) is 6.54 Å². The van der Waals surface area contributed by atoms with Gasteiger partial charge < -0.3 is 19.8 Å². The molecule has 18 heavy (non-hydrogen) atoms. The van der Waals surface area contributed by atoms with Crippen LogP contribution in [0.3, 0.4) is 0 Å². The van der Waals surface area contributed by atoms with Crippen LogP contribution in [-0.2, 0) is 12.8 Å². The van der Waals surface area contributed by atoms with Crippen molar-refractivity contribution in [2.75, 3.05) is 33.4 Å². The molecule has 0 amide bonds. The van der Waals surface area contributed by atoms with E-state index in [4.69, 9.17) is 9.84 Å². The Balaban J connectivity index is 1.83. The molecule has 1 atom stereocenters. The number of ether oxygens (including phenoxy) is 1. The number of aliphatic hydroxyl groups excluding tert-OH is 2. The molecule has 0 aliphatic carbocycles. The summed E-state index contributed by atoms with van der Waals surface area (Å²) in [5, 5.41) is 18.1. The molecule has 0 saturated carbocycles. The number of likely N-dealkylation sites (N-methyl/N-ethyl adjacent to an activating group) is 1. The molecule has 0 fully saturated rings. The van der Waals surface area contributed by atoms with Gasteiger partial charge in [-0.1, -0.05) is 12.1 Å². The maximum absolute atomic E-state index is 9.34. The molecule has 4 heteroatoms. The molecular weight excluding hydrogens is 230 g/mol. The molecule has 1 aromatic carbocycles. The van der Waals surface area contributed by atoms with Crippen LogP contribution in [0, 0.1) is 0 Å². The van der Waals surface area contributed by atoms with Crippen LogP contribution in [0.1, 0.15) is 11.1 Å². The Labute approximate surface area is 108 Å². The Morgan fingerprint density at radius 1 is 1.44 bits per heavy atom. The second-order valence-electron chi connectivity index (χ2n) is 4.89. The first-order chi connectivity index (χ1) is 8.69. The number of fused-ring (bicyclic) bond motifs is 1. The third-order valence-electron chi connectivity index (χ3n) is 3.27. The van der Waals surface area contributed by atoms with E-state index in [9.17, 15) is 5.11 Å². The van der Waals surface area contributed by atoms with E-state index in [-0.39, 0.29) is 6.61 Å². The second kappa shape index (κ2) is 6.18. The summed E-state index contributed by atoms with van der Waals surface area (Å²) in [4.78, 5) is 2.03. The predicted octanol–water partition coefficient (Wildman–Crippen LogP) is 0.449. The van der Waals surface area contributed by atoms with Gasteiger partial charge in [0, 0.05) is 19.5 Å². The van der Waals surface area contributed by atoms with Gasteiger partial charge in [0.05, 0.1) is 19.3 Å². The molecule has 2 N–H and O–H groups in total. The normalized spacial score (nSPS) is 15.6. The van der Waals surface area contributed by atoms with Crippen LogP contribution in [0.2, 0.25) is 0 Å². The smallest absolute Gasteiger partial charge is 0.122 e. The third-order valence-corrected chi connectivity index (χ3v) is 3.27.